The van der Waals surface area contributed by atoms with Crippen LogP contribution in [0.15, 0.2) is 0 Å². The average Bonchev–Trinajstić information content (AvgIpc) is 2.41. The Bertz CT molecular complexity index is 429. The Morgan fingerprint density at radius 1 is 1.27 bits per heavy atom. The number of hydrogen-bond acceptors (Lipinski definition) is 6. The van der Waals surface area contributed by atoms with Crippen molar-refractivity contribution in [2.24, 2.45) is 5.41 Å². The summed E-state index contributed by atoms with van der Waals surface area (Å²) in [5.41, 5.74) is -0.107. The lowest BCUT2D eigenvalue weighted by atomic mass is 9.87. The minimum atomic E-state index is -3.52. The van der Waals surface area contributed by atoms with Crippen LogP contribution >= 0.6 is 19.4 Å². The molecular weight excluding hydrogens is 329 g/mol. The van der Waals surface area contributed by atoms with E-state index in [0.717, 1.165) is 0 Å². The molecular formula is C13H26NO6PS. The Hall–Kier alpha value is -0.560. The molecule has 2 atom stereocenters. The molecule has 0 radical (unpaired) electrons. The molecule has 0 aromatic carbocycles. The van der Waals surface area contributed by atoms with E-state index < -0.39 is 31.7 Å². The maximum absolute atomic E-state index is 12.3. The predicted molar refractivity (Wildman–Crippen MR) is 87.8 cm³/mol. The maximum atomic E-state index is 12.3. The summed E-state index contributed by atoms with van der Waals surface area (Å²) in [5.74, 6) is -0.502. The standard InChI is InChI=1S/C13H26NO6PS/c1-13(2,3)11(22-6)7-9(14-12(16)17)10(15)8-21(18,19-4)20-5/h9,11,14H,7-8H2,1-6H3,(H,16,17). The van der Waals surface area contributed by atoms with E-state index in [1.807, 2.05) is 27.0 Å². The number of carbonyl (C=O) groups is 2. The van der Waals surface area contributed by atoms with E-state index in [4.69, 9.17) is 14.2 Å². The zero-order valence-corrected chi connectivity index (χ0v) is 15.6. The van der Waals surface area contributed by atoms with Crippen molar-refractivity contribution < 1.29 is 28.3 Å². The first-order valence-electron chi connectivity index (χ1n) is 6.74. The summed E-state index contributed by atoms with van der Waals surface area (Å²) in [6.45, 7) is 6.06. The van der Waals surface area contributed by atoms with Gasteiger partial charge in [-0.25, -0.2) is 4.79 Å². The van der Waals surface area contributed by atoms with Crippen LogP contribution in [-0.2, 0) is 18.4 Å². The Morgan fingerprint density at radius 3 is 2.09 bits per heavy atom. The maximum Gasteiger partial charge on any atom is 0.405 e. The van der Waals surface area contributed by atoms with E-state index in [1.165, 1.54) is 14.2 Å². The lowest BCUT2D eigenvalue weighted by Crippen LogP contribution is -2.45. The third-order valence-electron chi connectivity index (χ3n) is 3.29. The number of Topliss-reactive ketones (excluding diaryl/α,β-unsaturated/α-hetero) is 1. The lowest BCUT2D eigenvalue weighted by Gasteiger charge is -2.32. The van der Waals surface area contributed by atoms with Crippen LogP contribution in [0.25, 0.3) is 0 Å². The summed E-state index contributed by atoms with van der Waals surface area (Å²) in [7, 11) is -1.13. The van der Waals surface area contributed by atoms with Crippen LogP contribution in [0, 0.1) is 5.41 Å². The highest BCUT2D eigenvalue weighted by Gasteiger charge is 2.35. The van der Waals surface area contributed by atoms with Crippen LogP contribution in [0.2, 0.25) is 0 Å². The van der Waals surface area contributed by atoms with Crippen molar-refractivity contribution >= 4 is 31.2 Å². The van der Waals surface area contributed by atoms with Crippen molar-refractivity contribution in [1.29, 1.82) is 0 Å². The van der Waals surface area contributed by atoms with E-state index >= 15 is 0 Å². The molecule has 0 fully saturated rings. The van der Waals surface area contributed by atoms with Crippen LogP contribution in [-0.4, -0.2) is 54.9 Å². The molecule has 0 aliphatic heterocycles. The second-order valence-electron chi connectivity index (χ2n) is 5.93. The van der Waals surface area contributed by atoms with E-state index in [0.29, 0.717) is 6.42 Å². The number of carboxylic acid groups (broad SMARTS) is 1. The smallest absolute Gasteiger partial charge is 0.405 e. The molecule has 0 saturated heterocycles. The lowest BCUT2D eigenvalue weighted by molar-refractivity contribution is -0.119. The second-order valence-corrected chi connectivity index (χ2v) is 9.24. The molecule has 9 heteroatoms. The Balaban J connectivity index is 5.16. The van der Waals surface area contributed by atoms with Gasteiger partial charge in [-0.05, 0) is 18.1 Å². The zero-order valence-electron chi connectivity index (χ0n) is 13.9. The molecule has 2 unspecified atom stereocenters. The molecule has 2 N–H and O–H groups in total. The van der Waals surface area contributed by atoms with Crippen molar-refractivity contribution in [1.82, 2.24) is 5.32 Å². The van der Waals surface area contributed by atoms with Gasteiger partial charge < -0.3 is 19.5 Å². The summed E-state index contributed by atoms with van der Waals surface area (Å²) in [5, 5.41) is 11.2. The van der Waals surface area contributed by atoms with Gasteiger partial charge in [0.25, 0.3) is 0 Å². The zero-order chi connectivity index (χ0) is 17.6. The molecule has 0 aliphatic rings. The van der Waals surface area contributed by atoms with E-state index in [2.05, 4.69) is 5.32 Å². The van der Waals surface area contributed by atoms with Gasteiger partial charge in [0.15, 0.2) is 5.78 Å². The molecule has 0 bridgehead atoms. The number of nitrogens with one attached hydrogen (secondary N) is 1. The van der Waals surface area contributed by atoms with Gasteiger partial charge in [-0.2, -0.15) is 11.8 Å². The number of carbonyl (C=O) groups excluding carboxylic acids is 1. The second kappa shape index (κ2) is 8.91. The fourth-order valence-corrected chi connectivity index (χ4v) is 4.04. The molecule has 0 heterocycles. The van der Waals surface area contributed by atoms with Gasteiger partial charge in [-0.15, -0.1) is 0 Å². The molecule has 7 nitrogen and oxygen atoms in total. The molecule has 0 spiro atoms. The van der Waals surface area contributed by atoms with Gasteiger partial charge in [0.1, 0.15) is 6.16 Å². The van der Waals surface area contributed by atoms with Gasteiger partial charge >= 0.3 is 13.7 Å². The molecule has 0 saturated carbocycles. The SMILES string of the molecule is COP(=O)(CC(=O)C(CC(SC)C(C)(C)C)NC(=O)O)OC. The van der Waals surface area contributed by atoms with Crippen LogP contribution in [0.5, 0.6) is 0 Å². The first-order chi connectivity index (χ1) is 9.99. The molecule has 0 aromatic heterocycles. The van der Waals surface area contributed by atoms with Crippen LogP contribution < -0.4 is 5.32 Å². The van der Waals surface area contributed by atoms with Crippen molar-refractivity contribution in [3.8, 4) is 0 Å². The number of hydrogen-bond donors (Lipinski definition) is 2. The summed E-state index contributed by atoms with van der Waals surface area (Å²) in [4.78, 5) is 23.3. The van der Waals surface area contributed by atoms with Crippen molar-refractivity contribution in [2.45, 2.75) is 38.5 Å². The first-order valence-corrected chi connectivity index (χ1v) is 9.76. The molecule has 0 rings (SSSR count). The fourth-order valence-electron chi connectivity index (χ4n) is 1.94. The molecule has 0 aliphatic carbocycles. The van der Waals surface area contributed by atoms with Gasteiger partial charge in [0.2, 0.25) is 0 Å². The average molecular weight is 355 g/mol. The quantitative estimate of drug-likeness (QED) is 0.613. The Morgan fingerprint density at radius 2 is 1.77 bits per heavy atom. The number of rotatable bonds is 9. The van der Waals surface area contributed by atoms with E-state index in [1.54, 1.807) is 11.8 Å². The Labute approximate surface area is 136 Å². The normalized spacial score (nSPS) is 15.2. The summed E-state index contributed by atoms with van der Waals surface area (Å²) >= 11 is 1.56. The third kappa shape index (κ3) is 7.13. The Kier molecular flexibility index (Phi) is 8.69. The van der Waals surface area contributed by atoms with Gasteiger partial charge in [-0.1, -0.05) is 20.8 Å². The van der Waals surface area contributed by atoms with E-state index in [-0.39, 0.29) is 10.7 Å². The van der Waals surface area contributed by atoms with Gasteiger partial charge in [0, 0.05) is 19.5 Å². The molecule has 130 valence electrons. The highest BCUT2D eigenvalue weighted by Crippen LogP contribution is 2.46. The monoisotopic (exact) mass is 355 g/mol. The highest BCUT2D eigenvalue weighted by atomic mass is 32.2. The molecule has 0 aromatic rings. The van der Waals surface area contributed by atoms with Crippen molar-refractivity contribution in [3.63, 3.8) is 0 Å². The van der Waals surface area contributed by atoms with Crippen molar-refractivity contribution in [3.05, 3.63) is 0 Å². The molecule has 1 amide bonds. The number of thioether (sulfide) groups is 1. The number of amides is 1. The molecule has 22 heavy (non-hydrogen) atoms. The highest BCUT2D eigenvalue weighted by molar-refractivity contribution is 7.99. The topological polar surface area (TPSA) is 102 Å². The summed E-state index contributed by atoms with van der Waals surface area (Å²) in [6, 6.07) is -0.951. The summed E-state index contributed by atoms with van der Waals surface area (Å²) < 4.78 is 21.5. The minimum absolute atomic E-state index is 0.0535. The third-order valence-corrected chi connectivity index (χ3v) is 6.57. The number of ketones is 1. The van der Waals surface area contributed by atoms with Gasteiger partial charge in [0.05, 0.1) is 6.04 Å². The van der Waals surface area contributed by atoms with Crippen LogP contribution in [0.1, 0.15) is 27.2 Å². The van der Waals surface area contributed by atoms with Crippen LogP contribution in [0.4, 0.5) is 4.79 Å². The first kappa shape index (κ1) is 21.4. The predicted octanol–water partition coefficient (Wildman–Crippen LogP) is 2.85. The summed E-state index contributed by atoms with van der Waals surface area (Å²) in [6.07, 6.45) is 0.462. The fraction of sp³-hybridized carbons (Fsp3) is 0.846. The largest absolute Gasteiger partial charge is 0.465 e. The van der Waals surface area contributed by atoms with Crippen LogP contribution in [0.3, 0.4) is 0 Å². The van der Waals surface area contributed by atoms with Gasteiger partial charge in [-0.3, -0.25) is 9.36 Å². The minimum Gasteiger partial charge on any atom is -0.465 e. The van der Waals surface area contributed by atoms with Crippen molar-refractivity contribution in [2.75, 3.05) is 26.6 Å². The van der Waals surface area contributed by atoms with E-state index in [9.17, 15) is 14.2 Å².